The lowest BCUT2D eigenvalue weighted by molar-refractivity contribution is -0.111. The topological polar surface area (TPSA) is 88.6 Å². The van der Waals surface area contributed by atoms with Gasteiger partial charge in [0.1, 0.15) is 23.7 Å². The maximum Gasteiger partial charge on any atom is 0.248 e. The molecule has 0 unspecified atom stereocenters. The van der Waals surface area contributed by atoms with Crippen LogP contribution >= 0.6 is 11.6 Å². The fourth-order valence-electron chi connectivity index (χ4n) is 4.07. The molecule has 1 aliphatic carbocycles. The molecule has 1 amide bonds. The molecular weight excluding hydrogens is 497 g/mol. The normalized spacial score (nSPS) is 16.6. The minimum absolute atomic E-state index is 0.00608. The summed E-state index contributed by atoms with van der Waals surface area (Å²) in [5, 5.41) is 6.80. The fraction of sp³-hybridized carbons (Fsp3) is 0.370. The van der Waals surface area contributed by atoms with E-state index in [1.54, 1.807) is 24.3 Å². The second-order valence-electron chi connectivity index (χ2n) is 9.25. The number of carbonyl (C=O) groups is 1. The number of anilines is 3. The molecular formula is C27H29ClFN5O3. The Morgan fingerprint density at radius 2 is 2.11 bits per heavy atom. The molecule has 1 saturated carbocycles. The first-order chi connectivity index (χ1) is 18.0. The lowest BCUT2D eigenvalue weighted by Crippen LogP contribution is -2.26. The zero-order valence-corrected chi connectivity index (χ0v) is 21.1. The molecule has 5 rings (SSSR count). The molecule has 10 heteroatoms. The van der Waals surface area contributed by atoms with Crippen LogP contribution in [0.25, 0.3) is 10.9 Å². The van der Waals surface area contributed by atoms with Crippen molar-refractivity contribution in [1.82, 2.24) is 14.9 Å². The van der Waals surface area contributed by atoms with E-state index in [0.29, 0.717) is 59.5 Å². The van der Waals surface area contributed by atoms with Crippen molar-refractivity contribution in [2.75, 3.05) is 50.1 Å². The highest BCUT2D eigenvalue weighted by Gasteiger charge is 2.23. The summed E-state index contributed by atoms with van der Waals surface area (Å²) >= 11 is 5.94. The van der Waals surface area contributed by atoms with Crippen molar-refractivity contribution in [3.63, 3.8) is 0 Å². The molecule has 8 nitrogen and oxygen atoms in total. The van der Waals surface area contributed by atoms with Crippen molar-refractivity contribution in [1.29, 1.82) is 0 Å². The van der Waals surface area contributed by atoms with Gasteiger partial charge in [0.15, 0.2) is 0 Å². The number of aromatic nitrogens is 2. The first kappa shape index (κ1) is 25.4. The quantitative estimate of drug-likeness (QED) is 0.372. The Balaban J connectivity index is 1.37. The van der Waals surface area contributed by atoms with Gasteiger partial charge in [-0.25, -0.2) is 14.4 Å². The zero-order chi connectivity index (χ0) is 25.6. The maximum absolute atomic E-state index is 13.6. The summed E-state index contributed by atoms with van der Waals surface area (Å²) in [6.45, 7) is 4.56. The fourth-order valence-corrected chi connectivity index (χ4v) is 4.25. The molecule has 2 aromatic carbocycles. The number of rotatable bonds is 9. The van der Waals surface area contributed by atoms with Crippen LogP contribution in [0.3, 0.4) is 0 Å². The van der Waals surface area contributed by atoms with Crippen LogP contribution in [0, 0.1) is 11.7 Å². The van der Waals surface area contributed by atoms with E-state index in [4.69, 9.17) is 21.1 Å². The number of benzene rings is 2. The molecule has 2 N–H and O–H groups in total. The second-order valence-corrected chi connectivity index (χ2v) is 9.66. The third-order valence-electron chi connectivity index (χ3n) is 6.30. The van der Waals surface area contributed by atoms with E-state index in [2.05, 4.69) is 25.5 Å². The minimum atomic E-state index is -0.501. The van der Waals surface area contributed by atoms with E-state index in [1.807, 2.05) is 6.08 Å². The van der Waals surface area contributed by atoms with E-state index in [0.717, 1.165) is 39.0 Å². The average molecular weight is 526 g/mol. The van der Waals surface area contributed by atoms with E-state index in [9.17, 15) is 9.18 Å². The molecule has 3 aromatic rings. The number of nitrogens with one attached hydrogen (secondary N) is 2. The lowest BCUT2D eigenvalue weighted by Gasteiger charge is -2.16. The van der Waals surface area contributed by atoms with E-state index in [1.165, 1.54) is 18.5 Å². The third-order valence-corrected chi connectivity index (χ3v) is 6.59. The van der Waals surface area contributed by atoms with Crippen molar-refractivity contribution in [2.45, 2.75) is 19.3 Å². The zero-order valence-electron chi connectivity index (χ0n) is 20.4. The minimum Gasteiger partial charge on any atom is -0.491 e. The number of ether oxygens (including phenoxy) is 2. The lowest BCUT2D eigenvalue weighted by atomic mass is 10.1. The molecule has 1 aromatic heterocycles. The highest BCUT2D eigenvalue weighted by Crippen LogP contribution is 2.36. The Morgan fingerprint density at radius 1 is 1.22 bits per heavy atom. The number of fused-ring (bicyclic) bond motifs is 1. The van der Waals surface area contributed by atoms with Crippen molar-refractivity contribution < 1.29 is 18.7 Å². The number of halogens is 2. The van der Waals surface area contributed by atoms with Gasteiger partial charge in [0.2, 0.25) is 5.91 Å². The van der Waals surface area contributed by atoms with Gasteiger partial charge in [0, 0.05) is 49.5 Å². The summed E-state index contributed by atoms with van der Waals surface area (Å²) in [6, 6.07) is 7.95. The van der Waals surface area contributed by atoms with Gasteiger partial charge in [-0.1, -0.05) is 17.7 Å². The number of nitrogens with zero attached hydrogens (tertiary/aromatic N) is 3. The predicted molar refractivity (Wildman–Crippen MR) is 142 cm³/mol. The molecule has 2 heterocycles. The van der Waals surface area contributed by atoms with Gasteiger partial charge in [-0.3, -0.25) is 9.69 Å². The number of hydrogen-bond acceptors (Lipinski definition) is 7. The summed E-state index contributed by atoms with van der Waals surface area (Å²) in [6.07, 6.45) is 8.13. The first-order valence-electron chi connectivity index (χ1n) is 12.5. The van der Waals surface area contributed by atoms with Gasteiger partial charge >= 0.3 is 0 Å². The van der Waals surface area contributed by atoms with E-state index in [-0.39, 0.29) is 10.9 Å². The van der Waals surface area contributed by atoms with Gasteiger partial charge in [-0.05, 0) is 49.4 Å². The van der Waals surface area contributed by atoms with Crippen LogP contribution in [0.4, 0.5) is 21.6 Å². The smallest absolute Gasteiger partial charge is 0.248 e. The average Bonchev–Trinajstić information content (AvgIpc) is 3.73. The largest absolute Gasteiger partial charge is 0.491 e. The molecule has 2 fully saturated rings. The van der Waals surface area contributed by atoms with Crippen LogP contribution in [0.2, 0.25) is 5.02 Å². The molecule has 0 spiro atoms. The standard InChI is InChI=1S/C27H29ClFN5O3/c28-21-13-19(6-7-22(21)29)32-27-20-14-24(25(37-16-18-4-5-18)15-23(20)30-17-31-27)33-26(35)3-1-8-34-9-2-11-36-12-10-34/h1,3,6-7,13-15,17-18H,2,4-5,8-12,16H2,(H,33,35)(H,30,31,32)/b3-1+. The SMILES string of the molecule is O=C(/C=C/CN1CCCOCC1)Nc1cc2c(Nc3ccc(F)c(Cl)c3)ncnc2cc1OCC1CC1. The van der Waals surface area contributed by atoms with Crippen molar-refractivity contribution in [3.05, 3.63) is 59.7 Å². The van der Waals surface area contributed by atoms with Crippen molar-refractivity contribution in [3.8, 4) is 5.75 Å². The van der Waals surface area contributed by atoms with Gasteiger partial charge in [0.25, 0.3) is 0 Å². The van der Waals surface area contributed by atoms with Crippen LogP contribution in [0.1, 0.15) is 19.3 Å². The number of amides is 1. The first-order valence-corrected chi connectivity index (χ1v) is 12.8. The molecule has 2 aliphatic rings. The highest BCUT2D eigenvalue weighted by atomic mass is 35.5. The summed E-state index contributed by atoms with van der Waals surface area (Å²) < 4.78 is 25.2. The van der Waals surface area contributed by atoms with Gasteiger partial charge < -0.3 is 20.1 Å². The summed E-state index contributed by atoms with van der Waals surface area (Å²) in [5.74, 6) is 0.844. The maximum atomic E-state index is 13.6. The van der Waals surface area contributed by atoms with Crippen LogP contribution in [0.5, 0.6) is 5.75 Å². The monoisotopic (exact) mass is 525 g/mol. The molecule has 0 atom stereocenters. The number of carbonyl (C=O) groups excluding carboxylic acids is 1. The Hall–Kier alpha value is -3.27. The van der Waals surface area contributed by atoms with Gasteiger partial charge in [-0.15, -0.1) is 0 Å². The van der Waals surface area contributed by atoms with E-state index >= 15 is 0 Å². The molecule has 194 valence electrons. The summed E-state index contributed by atoms with van der Waals surface area (Å²) in [7, 11) is 0. The summed E-state index contributed by atoms with van der Waals surface area (Å²) in [5.41, 5.74) is 1.75. The predicted octanol–water partition coefficient (Wildman–Crippen LogP) is 5.17. The van der Waals surface area contributed by atoms with E-state index < -0.39 is 5.82 Å². The molecule has 0 radical (unpaired) electrons. The van der Waals surface area contributed by atoms with Crippen LogP contribution in [0.15, 0.2) is 48.8 Å². The second kappa shape index (κ2) is 11.9. The van der Waals surface area contributed by atoms with Gasteiger partial charge in [-0.2, -0.15) is 0 Å². The molecule has 1 saturated heterocycles. The molecule has 0 bridgehead atoms. The van der Waals surface area contributed by atoms with Crippen LogP contribution in [-0.2, 0) is 9.53 Å². The Labute approximate surface area is 219 Å². The van der Waals surface area contributed by atoms with Gasteiger partial charge in [0.05, 0.1) is 29.4 Å². The molecule has 37 heavy (non-hydrogen) atoms. The Bertz CT molecular complexity index is 1290. The number of hydrogen-bond donors (Lipinski definition) is 2. The summed E-state index contributed by atoms with van der Waals surface area (Å²) in [4.78, 5) is 23.8. The van der Waals surface area contributed by atoms with Crippen LogP contribution < -0.4 is 15.4 Å². The molecule has 1 aliphatic heterocycles. The third kappa shape index (κ3) is 6.94. The Kier molecular flexibility index (Phi) is 8.13. The highest BCUT2D eigenvalue weighted by molar-refractivity contribution is 6.31. The van der Waals surface area contributed by atoms with Crippen molar-refractivity contribution >= 4 is 45.6 Å². The van der Waals surface area contributed by atoms with Crippen molar-refractivity contribution in [2.24, 2.45) is 5.92 Å². The van der Waals surface area contributed by atoms with Crippen LogP contribution in [-0.4, -0.2) is 60.2 Å². The Morgan fingerprint density at radius 3 is 2.95 bits per heavy atom.